The van der Waals surface area contributed by atoms with E-state index in [9.17, 15) is 14.7 Å². The van der Waals surface area contributed by atoms with Crippen LogP contribution in [-0.2, 0) is 16.0 Å². The van der Waals surface area contributed by atoms with Gasteiger partial charge in [-0.05, 0) is 43.2 Å². The molecule has 144 valence electrons. The molecule has 2 aromatic carbocycles. The summed E-state index contributed by atoms with van der Waals surface area (Å²) in [5.74, 6) is -1.35. The molecule has 8 heteroatoms. The van der Waals surface area contributed by atoms with Crippen LogP contribution >= 0.6 is 23.2 Å². The van der Waals surface area contributed by atoms with Crippen molar-refractivity contribution < 1.29 is 24.2 Å². The van der Waals surface area contributed by atoms with Crippen LogP contribution in [0.4, 0.5) is 0 Å². The molecule has 0 aromatic heterocycles. The maximum Gasteiger partial charge on any atom is 0.338 e. The molecule has 0 saturated heterocycles. The summed E-state index contributed by atoms with van der Waals surface area (Å²) < 4.78 is 10.2. The normalized spacial score (nSPS) is 10.3. The fourth-order valence-electron chi connectivity index (χ4n) is 2.22. The van der Waals surface area contributed by atoms with E-state index < -0.39 is 18.5 Å². The van der Waals surface area contributed by atoms with Crippen molar-refractivity contribution in [1.82, 2.24) is 5.32 Å². The quantitative estimate of drug-likeness (QED) is 0.647. The van der Waals surface area contributed by atoms with Gasteiger partial charge in [-0.15, -0.1) is 0 Å². The second-order valence-electron chi connectivity index (χ2n) is 5.54. The van der Waals surface area contributed by atoms with Crippen LogP contribution in [0.25, 0.3) is 0 Å². The van der Waals surface area contributed by atoms with Crippen LogP contribution in [0.2, 0.25) is 10.0 Å². The first kappa shape index (κ1) is 20.9. The lowest BCUT2D eigenvalue weighted by atomic mass is 10.1. The number of rotatable bonds is 8. The number of halogens is 2. The molecule has 2 N–H and O–H groups in total. The number of benzene rings is 2. The lowest BCUT2D eigenvalue weighted by molar-refractivity contribution is -0.124. The van der Waals surface area contributed by atoms with Crippen molar-refractivity contribution in [2.24, 2.45) is 0 Å². The highest BCUT2D eigenvalue weighted by molar-refractivity contribution is 6.32. The van der Waals surface area contributed by atoms with Gasteiger partial charge in [-0.1, -0.05) is 35.3 Å². The minimum absolute atomic E-state index is 0.0414. The van der Waals surface area contributed by atoms with E-state index in [4.69, 9.17) is 32.7 Å². The Balaban J connectivity index is 1.82. The standard InChI is InChI=1S/C19H19Cl2NO5/c1-2-26-16-10-13(9-15(21)18(16)24)19(25)27-11-17(23)22-8-7-12-3-5-14(20)6-4-12/h3-6,9-10,24H,2,7-8,11H2,1H3,(H,22,23). The van der Waals surface area contributed by atoms with Gasteiger partial charge in [0.2, 0.25) is 0 Å². The third-order valence-corrected chi connectivity index (χ3v) is 4.09. The molecule has 0 aliphatic carbocycles. The second-order valence-corrected chi connectivity index (χ2v) is 6.38. The summed E-state index contributed by atoms with van der Waals surface area (Å²) in [5.41, 5.74) is 1.11. The van der Waals surface area contributed by atoms with E-state index >= 15 is 0 Å². The average Bonchev–Trinajstić information content (AvgIpc) is 2.65. The zero-order valence-electron chi connectivity index (χ0n) is 14.6. The van der Waals surface area contributed by atoms with Gasteiger partial charge in [0.25, 0.3) is 5.91 Å². The number of phenols is 1. The molecule has 0 radical (unpaired) electrons. The van der Waals surface area contributed by atoms with E-state index in [2.05, 4.69) is 5.32 Å². The number of amides is 1. The molecule has 27 heavy (non-hydrogen) atoms. The van der Waals surface area contributed by atoms with E-state index in [-0.39, 0.29) is 22.1 Å². The molecule has 0 bridgehead atoms. The lowest BCUT2D eigenvalue weighted by Crippen LogP contribution is -2.30. The van der Waals surface area contributed by atoms with Crippen LogP contribution in [0.3, 0.4) is 0 Å². The zero-order valence-corrected chi connectivity index (χ0v) is 16.1. The first-order valence-electron chi connectivity index (χ1n) is 8.24. The Labute approximate surface area is 167 Å². The van der Waals surface area contributed by atoms with E-state index in [0.717, 1.165) is 5.56 Å². The predicted molar refractivity (Wildman–Crippen MR) is 103 cm³/mol. The molecule has 0 aliphatic heterocycles. The Morgan fingerprint density at radius 2 is 1.85 bits per heavy atom. The van der Waals surface area contributed by atoms with Crippen LogP contribution in [0.15, 0.2) is 36.4 Å². The fourth-order valence-corrected chi connectivity index (χ4v) is 2.56. The monoisotopic (exact) mass is 411 g/mol. The van der Waals surface area contributed by atoms with Crippen molar-refractivity contribution in [1.29, 1.82) is 0 Å². The summed E-state index contributed by atoms with van der Waals surface area (Å²) in [6.07, 6.45) is 0.627. The lowest BCUT2D eigenvalue weighted by Gasteiger charge is -2.10. The van der Waals surface area contributed by atoms with Gasteiger partial charge >= 0.3 is 5.97 Å². The number of carbonyl (C=O) groups excluding carboxylic acids is 2. The smallest absolute Gasteiger partial charge is 0.338 e. The maximum atomic E-state index is 12.1. The molecule has 0 fully saturated rings. The molecule has 0 aliphatic rings. The maximum absolute atomic E-state index is 12.1. The molecule has 0 atom stereocenters. The Morgan fingerprint density at radius 3 is 2.52 bits per heavy atom. The third kappa shape index (κ3) is 6.34. The van der Waals surface area contributed by atoms with Crippen LogP contribution in [0, 0.1) is 0 Å². The fraction of sp³-hybridized carbons (Fsp3) is 0.263. The molecule has 0 saturated carbocycles. The summed E-state index contributed by atoms with van der Waals surface area (Å²) in [5, 5.41) is 13.1. The number of carbonyl (C=O) groups is 2. The number of aromatic hydroxyl groups is 1. The topological polar surface area (TPSA) is 84.9 Å². The van der Waals surface area contributed by atoms with Crippen LogP contribution in [0.1, 0.15) is 22.8 Å². The minimum Gasteiger partial charge on any atom is -0.503 e. The SMILES string of the molecule is CCOc1cc(C(=O)OCC(=O)NCCc2ccc(Cl)cc2)cc(Cl)c1O. The third-order valence-electron chi connectivity index (χ3n) is 3.55. The molecular formula is C19H19Cl2NO5. The molecule has 1 amide bonds. The van der Waals surface area contributed by atoms with Crippen molar-refractivity contribution in [3.8, 4) is 11.5 Å². The largest absolute Gasteiger partial charge is 0.503 e. The molecule has 2 aromatic rings. The number of phenolic OH excluding ortho intramolecular Hbond substituents is 1. The van der Waals surface area contributed by atoms with E-state index in [1.807, 2.05) is 12.1 Å². The van der Waals surface area contributed by atoms with Gasteiger partial charge in [0.1, 0.15) is 0 Å². The van der Waals surface area contributed by atoms with Gasteiger partial charge in [-0.3, -0.25) is 4.79 Å². The van der Waals surface area contributed by atoms with Gasteiger partial charge in [-0.2, -0.15) is 0 Å². The second kappa shape index (κ2) is 10.0. The van der Waals surface area contributed by atoms with Crippen molar-refractivity contribution in [3.05, 3.63) is 57.6 Å². The summed E-state index contributed by atoms with van der Waals surface area (Å²) in [6, 6.07) is 9.86. The Bertz CT molecular complexity index is 808. The van der Waals surface area contributed by atoms with Gasteiger partial charge in [0.05, 0.1) is 17.2 Å². The Morgan fingerprint density at radius 1 is 1.15 bits per heavy atom. The summed E-state index contributed by atoms with van der Waals surface area (Å²) in [7, 11) is 0. The molecule has 0 heterocycles. The number of nitrogens with one attached hydrogen (secondary N) is 1. The Kier molecular flexibility index (Phi) is 7.76. The highest BCUT2D eigenvalue weighted by Gasteiger charge is 2.16. The van der Waals surface area contributed by atoms with E-state index in [0.29, 0.717) is 24.6 Å². The van der Waals surface area contributed by atoms with Gasteiger partial charge in [0.15, 0.2) is 18.1 Å². The van der Waals surface area contributed by atoms with Crippen LogP contribution < -0.4 is 10.1 Å². The number of ether oxygens (including phenoxy) is 2. The highest BCUT2D eigenvalue weighted by atomic mass is 35.5. The minimum atomic E-state index is -0.745. The van der Waals surface area contributed by atoms with Gasteiger partial charge in [-0.25, -0.2) is 4.79 Å². The van der Waals surface area contributed by atoms with E-state index in [1.165, 1.54) is 12.1 Å². The zero-order chi connectivity index (χ0) is 19.8. The van der Waals surface area contributed by atoms with Crippen molar-refractivity contribution in [3.63, 3.8) is 0 Å². The molecule has 0 unspecified atom stereocenters. The molecule has 2 rings (SSSR count). The predicted octanol–water partition coefficient (Wildman–Crippen LogP) is 3.61. The Hall–Kier alpha value is -2.44. The average molecular weight is 412 g/mol. The van der Waals surface area contributed by atoms with Gasteiger partial charge < -0.3 is 19.9 Å². The summed E-state index contributed by atoms with van der Waals surface area (Å²) in [4.78, 5) is 23.9. The first-order chi connectivity index (χ1) is 12.9. The van der Waals surface area contributed by atoms with Crippen LogP contribution in [-0.4, -0.2) is 36.7 Å². The molecular weight excluding hydrogens is 393 g/mol. The first-order valence-corrected chi connectivity index (χ1v) is 9.00. The number of hydrogen-bond acceptors (Lipinski definition) is 5. The van der Waals surface area contributed by atoms with Crippen molar-refractivity contribution >= 4 is 35.1 Å². The molecule has 6 nitrogen and oxygen atoms in total. The number of esters is 1. The number of hydrogen-bond donors (Lipinski definition) is 2. The van der Waals surface area contributed by atoms with Crippen molar-refractivity contribution in [2.45, 2.75) is 13.3 Å². The van der Waals surface area contributed by atoms with Gasteiger partial charge in [0, 0.05) is 11.6 Å². The van der Waals surface area contributed by atoms with Crippen LogP contribution in [0.5, 0.6) is 11.5 Å². The van der Waals surface area contributed by atoms with E-state index in [1.54, 1.807) is 19.1 Å². The summed E-state index contributed by atoms with van der Waals surface area (Å²) >= 11 is 11.7. The molecule has 0 spiro atoms. The summed E-state index contributed by atoms with van der Waals surface area (Å²) in [6.45, 7) is 1.99. The highest BCUT2D eigenvalue weighted by Crippen LogP contribution is 2.35. The van der Waals surface area contributed by atoms with Crippen molar-refractivity contribution in [2.75, 3.05) is 19.8 Å².